The summed E-state index contributed by atoms with van der Waals surface area (Å²) in [7, 11) is 0. The fraction of sp³-hybridized carbons (Fsp3) is 0.375. The molecule has 0 aliphatic heterocycles. The molecule has 0 saturated heterocycles. The molecule has 5 nitrogen and oxygen atoms in total. The zero-order chi connectivity index (χ0) is 15.5. The summed E-state index contributed by atoms with van der Waals surface area (Å²) in [4.78, 5) is 15.7. The molecule has 112 valence electrons. The highest BCUT2D eigenvalue weighted by molar-refractivity contribution is 6.02. The average molecular weight is 288 g/mol. The third-order valence-electron chi connectivity index (χ3n) is 3.84. The van der Waals surface area contributed by atoms with Crippen LogP contribution in [0, 0.1) is 0 Å². The minimum absolute atomic E-state index is 0.105. The molecule has 1 aromatic carbocycles. The van der Waals surface area contributed by atoms with E-state index in [1.54, 1.807) is 30.3 Å². The molecule has 0 aliphatic rings. The molecule has 1 atom stereocenters. The molecule has 2 aromatic rings. The van der Waals surface area contributed by atoms with Crippen LogP contribution in [0.1, 0.15) is 37.0 Å². The number of aromatic nitrogens is 1. The van der Waals surface area contributed by atoms with Gasteiger partial charge in [-0.05, 0) is 44.0 Å². The summed E-state index contributed by atoms with van der Waals surface area (Å²) >= 11 is 0. The monoisotopic (exact) mass is 288 g/mol. The van der Waals surface area contributed by atoms with E-state index >= 15 is 0 Å². The van der Waals surface area contributed by atoms with Crippen LogP contribution in [0.2, 0.25) is 0 Å². The van der Waals surface area contributed by atoms with Crippen LogP contribution in [0.25, 0.3) is 10.9 Å². The lowest BCUT2D eigenvalue weighted by Crippen LogP contribution is -2.35. The lowest BCUT2D eigenvalue weighted by molar-refractivity contribution is 0.0699. The number of aliphatic hydroxyl groups excluding tert-OH is 1. The molecule has 0 saturated carbocycles. The predicted octanol–water partition coefficient (Wildman–Crippen LogP) is 2.90. The van der Waals surface area contributed by atoms with E-state index in [4.69, 9.17) is 5.11 Å². The smallest absolute Gasteiger partial charge is 0.336 e. The van der Waals surface area contributed by atoms with E-state index in [9.17, 15) is 9.90 Å². The number of aromatic carboxylic acids is 1. The number of carboxylic acids is 1. The Balaban J connectivity index is 2.38. The number of benzene rings is 1. The Labute approximate surface area is 123 Å². The van der Waals surface area contributed by atoms with Gasteiger partial charge in [-0.3, -0.25) is 0 Å². The maximum absolute atomic E-state index is 11.2. The van der Waals surface area contributed by atoms with Gasteiger partial charge in [-0.25, -0.2) is 9.78 Å². The molecular formula is C16H20N2O3. The average Bonchev–Trinajstić information content (AvgIpc) is 2.46. The van der Waals surface area contributed by atoms with E-state index in [1.807, 2.05) is 13.8 Å². The molecule has 21 heavy (non-hydrogen) atoms. The number of fused-ring (bicyclic) bond motifs is 1. The van der Waals surface area contributed by atoms with Crippen molar-refractivity contribution < 1.29 is 15.0 Å². The van der Waals surface area contributed by atoms with Crippen molar-refractivity contribution in [3.8, 4) is 0 Å². The van der Waals surface area contributed by atoms with Gasteiger partial charge < -0.3 is 15.5 Å². The number of pyridine rings is 1. The van der Waals surface area contributed by atoms with Crippen LogP contribution in [0.3, 0.4) is 0 Å². The molecule has 0 radical (unpaired) electrons. The second-order valence-corrected chi connectivity index (χ2v) is 5.39. The van der Waals surface area contributed by atoms with E-state index in [-0.39, 0.29) is 17.7 Å². The van der Waals surface area contributed by atoms with Gasteiger partial charge in [0.25, 0.3) is 0 Å². The molecule has 0 spiro atoms. The summed E-state index contributed by atoms with van der Waals surface area (Å²) in [5, 5.41) is 22.3. The standard InChI is InChI=1S/C16H20N2O3/c1-3-16(2,9-10-19)18-14-8-7-11-12(15(20)21)5-4-6-13(11)17-14/h4-8,19H,3,9-10H2,1-2H3,(H,17,18)(H,20,21). The molecule has 5 heteroatoms. The van der Waals surface area contributed by atoms with Crippen LogP contribution >= 0.6 is 0 Å². The number of hydrogen-bond acceptors (Lipinski definition) is 4. The Bertz CT molecular complexity index is 657. The van der Waals surface area contributed by atoms with Gasteiger partial charge in [0.1, 0.15) is 5.82 Å². The van der Waals surface area contributed by atoms with Crippen LogP contribution in [0.5, 0.6) is 0 Å². The first kappa shape index (κ1) is 15.3. The number of anilines is 1. The van der Waals surface area contributed by atoms with Gasteiger partial charge in [0.05, 0.1) is 11.1 Å². The highest BCUT2D eigenvalue weighted by atomic mass is 16.4. The lowest BCUT2D eigenvalue weighted by Gasteiger charge is -2.29. The van der Waals surface area contributed by atoms with Crippen LogP contribution in [-0.2, 0) is 0 Å². The number of rotatable bonds is 6. The predicted molar refractivity (Wildman–Crippen MR) is 82.7 cm³/mol. The fourth-order valence-electron chi connectivity index (χ4n) is 2.29. The normalized spacial score (nSPS) is 13.9. The summed E-state index contributed by atoms with van der Waals surface area (Å²) in [5.74, 6) is -0.273. The molecule has 2 rings (SSSR count). The van der Waals surface area contributed by atoms with Crippen molar-refractivity contribution in [3.63, 3.8) is 0 Å². The molecule has 0 bridgehead atoms. The summed E-state index contributed by atoms with van der Waals surface area (Å²) < 4.78 is 0. The number of nitrogens with one attached hydrogen (secondary N) is 1. The third-order valence-corrected chi connectivity index (χ3v) is 3.84. The van der Waals surface area contributed by atoms with Gasteiger partial charge in [0.15, 0.2) is 0 Å². The van der Waals surface area contributed by atoms with Gasteiger partial charge in [0.2, 0.25) is 0 Å². The molecule has 1 aromatic heterocycles. The van der Waals surface area contributed by atoms with Crippen molar-refractivity contribution in [3.05, 3.63) is 35.9 Å². The minimum atomic E-state index is -0.957. The van der Waals surface area contributed by atoms with Gasteiger partial charge in [-0.2, -0.15) is 0 Å². The molecule has 0 fully saturated rings. The first-order valence-electron chi connectivity index (χ1n) is 7.01. The first-order chi connectivity index (χ1) is 9.99. The SMILES string of the molecule is CCC(C)(CCO)Nc1ccc2c(C(=O)O)cccc2n1. The van der Waals surface area contributed by atoms with Crippen molar-refractivity contribution >= 4 is 22.7 Å². The summed E-state index contributed by atoms with van der Waals surface area (Å²) in [6, 6.07) is 8.60. The Morgan fingerprint density at radius 2 is 2.10 bits per heavy atom. The summed E-state index contributed by atoms with van der Waals surface area (Å²) in [5.41, 5.74) is 0.655. The van der Waals surface area contributed by atoms with Gasteiger partial charge >= 0.3 is 5.97 Å². The van der Waals surface area contributed by atoms with Gasteiger partial charge in [-0.1, -0.05) is 13.0 Å². The molecule has 3 N–H and O–H groups in total. The molecular weight excluding hydrogens is 268 g/mol. The summed E-state index contributed by atoms with van der Waals surface area (Å²) in [6.07, 6.45) is 1.47. The Hall–Kier alpha value is -2.14. The number of carboxylic acid groups (broad SMARTS) is 1. The van der Waals surface area contributed by atoms with E-state index in [2.05, 4.69) is 10.3 Å². The third kappa shape index (κ3) is 3.31. The molecule has 1 unspecified atom stereocenters. The maximum Gasteiger partial charge on any atom is 0.336 e. The number of hydrogen-bond donors (Lipinski definition) is 3. The number of aliphatic hydroxyl groups is 1. The maximum atomic E-state index is 11.2. The Kier molecular flexibility index (Phi) is 4.43. The summed E-state index contributed by atoms with van der Waals surface area (Å²) in [6.45, 7) is 4.18. The largest absolute Gasteiger partial charge is 0.478 e. The van der Waals surface area contributed by atoms with Gasteiger partial charge in [-0.15, -0.1) is 0 Å². The lowest BCUT2D eigenvalue weighted by atomic mass is 9.95. The highest BCUT2D eigenvalue weighted by Crippen LogP contribution is 2.24. The Morgan fingerprint density at radius 3 is 2.71 bits per heavy atom. The second-order valence-electron chi connectivity index (χ2n) is 5.39. The van der Waals surface area contributed by atoms with Crippen molar-refractivity contribution in [2.24, 2.45) is 0 Å². The van der Waals surface area contributed by atoms with E-state index < -0.39 is 5.97 Å². The van der Waals surface area contributed by atoms with Crippen molar-refractivity contribution in [2.45, 2.75) is 32.2 Å². The quantitative estimate of drug-likeness (QED) is 0.761. The zero-order valence-electron chi connectivity index (χ0n) is 12.3. The van der Waals surface area contributed by atoms with E-state index in [0.29, 0.717) is 23.1 Å². The zero-order valence-corrected chi connectivity index (χ0v) is 12.3. The minimum Gasteiger partial charge on any atom is -0.478 e. The van der Waals surface area contributed by atoms with Gasteiger partial charge in [0, 0.05) is 17.5 Å². The highest BCUT2D eigenvalue weighted by Gasteiger charge is 2.21. The van der Waals surface area contributed by atoms with Crippen molar-refractivity contribution in [1.29, 1.82) is 0 Å². The first-order valence-corrected chi connectivity index (χ1v) is 7.01. The Morgan fingerprint density at radius 1 is 1.33 bits per heavy atom. The second kappa shape index (κ2) is 6.10. The molecule has 1 heterocycles. The fourth-order valence-corrected chi connectivity index (χ4v) is 2.29. The number of nitrogens with zero attached hydrogens (tertiary/aromatic N) is 1. The van der Waals surface area contributed by atoms with Crippen molar-refractivity contribution in [1.82, 2.24) is 4.98 Å². The van der Waals surface area contributed by atoms with Crippen LogP contribution in [-0.4, -0.2) is 33.3 Å². The van der Waals surface area contributed by atoms with Crippen LogP contribution in [0.15, 0.2) is 30.3 Å². The van der Waals surface area contributed by atoms with E-state index in [1.165, 1.54) is 0 Å². The van der Waals surface area contributed by atoms with Crippen LogP contribution in [0.4, 0.5) is 5.82 Å². The number of carbonyl (C=O) groups is 1. The van der Waals surface area contributed by atoms with Crippen molar-refractivity contribution in [2.75, 3.05) is 11.9 Å². The topological polar surface area (TPSA) is 82.5 Å². The molecule has 0 amide bonds. The molecule has 0 aliphatic carbocycles. The van der Waals surface area contributed by atoms with Crippen LogP contribution < -0.4 is 5.32 Å². The van der Waals surface area contributed by atoms with E-state index in [0.717, 1.165) is 6.42 Å².